The Bertz CT molecular complexity index is 1190. The lowest BCUT2D eigenvalue weighted by molar-refractivity contribution is 0.710. The van der Waals surface area contributed by atoms with Gasteiger partial charge in [-0.3, -0.25) is 4.98 Å². The lowest BCUT2D eigenvalue weighted by Gasteiger charge is -2.14. The van der Waals surface area contributed by atoms with Gasteiger partial charge in [-0.2, -0.15) is 0 Å². The van der Waals surface area contributed by atoms with Crippen LogP contribution in [0.5, 0.6) is 0 Å². The average Bonchev–Trinajstić information content (AvgIpc) is 3.00. The number of rotatable bonds is 5. The summed E-state index contributed by atoms with van der Waals surface area (Å²) in [6, 6.07) is 17.4. The van der Waals surface area contributed by atoms with Gasteiger partial charge < -0.3 is 4.57 Å². The molecule has 0 amide bonds. The Balaban J connectivity index is 1.85. The molecule has 0 spiro atoms. The van der Waals surface area contributed by atoms with Gasteiger partial charge in [-0.05, 0) is 66.6 Å². The molecule has 0 radical (unpaired) electrons. The van der Waals surface area contributed by atoms with Crippen LogP contribution in [-0.2, 0) is 6.54 Å². The molecule has 0 saturated heterocycles. The van der Waals surface area contributed by atoms with Gasteiger partial charge in [0.05, 0.1) is 15.1 Å². The van der Waals surface area contributed by atoms with Crippen LogP contribution in [0.15, 0.2) is 76.9 Å². The second-order valence-electron chi connectivity index (χ2n) is 6.78. The minimum Gasteiger partial charge on any atom is -0.335 e. The number of aryl methyl sites for hydroxylation is 1. The highest BCUT2D eigenvalue weighted by Crippen LogP contribution is 2.41. The smallest absolute Gasteiger partial charge is 0.0881 e. The Labute approximate surface area is 199 Å². The van der Waals surface area contributed by atoms with E-state index in [0.29, 0.717) is 26.6 Å². The maximum Gasteiger partial charge on any atom is 0.0881 e. The predicted octanol–water partition coefficient (Wildman–Crippen LogP) is 8.67. The highest BCUT2D eigenvalue weighted by molar-refractivity contribution is 7.99. The van der Waals surface area contributed by atoms with Crippen molar-refractivity contribution >= 4 is 58.2 Å². The molecule has 2 heterocycles. The van der Waals surface area contributed by atoms with Crippen molar-refractivity contribution in [2.45, 2.75) is 23.4 Å². The van der Waals surface area contributed by atoms with E-state index in [0.717, 1.165) is 32.3 Å². The summed E-state index contributed by atoms with van der Waals surface area (Å²) in [6.07, 6.45) is 3.61. The lowest BCUT2D eigenvalue weighted by Crippen LogP contribution is -2.03. The van der Waals surface area contributed by atoms with Crippen LogP contribution in [0.4, 0.5) is 0 Å². The molecule has 0 unspecified atom stereocenters. The summed E-state index contributed by atoms with van der Waals surface area (Å²) in [4.78, 5) is 5.08. The fourth-order valence-corrected chi connectivity index (χ4v) is 5.36. The van der Waals surface area contributed by atoms with Crippen molar-refractivity contribution < 1.29 is 0 Å². The number of benzene rings is 2. The van der Waals surface area contributed by atoms with Crippen LogP contribution in [0.2, 0.25) is 20.1 Å². The largest absolute Gasteiger partial charge is 0.335 e. The van der Waals surface area contributed by atoms with Gasteiger partial charge >= 0.3 is 0 Å². The molecule has 4 rings (SSSR count). The molecule has 2 nitrogen and oxygen atoms in total. The third-order valence-corrected chi connectivity index (χ3v) is 6.91. The molecule has 0 fully saturated rings. The van der Waals surface area contributed by atoms with E-state index in [-0.39, 0.29) is 0 Å². The van der Waals surface area contributed by atoms with E-state index in [9.17, 15) is 0 Å². The molecule has 0 aliphatic carbocycles. The standard InChI is InChI=1S/C23H16Cl4N2S/c1-14-8-20(16-2-3-21(26)22(27)9-16)23(29(14)13-15-4-6-28-7-5-15)30-19-11-17(24)10-18(25)12-19/h2-12H,13H2,1H3. The number of halogens is 4. The second-order valence-corrected chi connectivity index (χ2v) is 9.53. The average molecular weight is 494 g/mol. The first-order valence-electron chi connectivity index (χ1n) is 9.09. The molecular formula is C23H16Cl4N2S. The van der Waals surface area contributed by atoms with Gasteiger partial charge in [0.15, 0.2) is 0 Å². The van der Waals surface area contributed by atoms with Crippen LogP contribution in [0.25, 0.3) is 11.1 Å². The van der Waals surface area contributed by atoms with Crippen LogP contribution in [-0.4, -0.2) is 9.55 Å². The Morgan fingerprint density at radius 1 is 0.833 bits per heavy atom. The van der Waals surface area contributed by atoms with E-state index < -0.39 is 0 Å². The Morgan fingerprint density at radius 2 is 1.53 bits per heavy atom. The van der Waals surface area contributed by atoms with Gasteiger partial charge in [-0.1, -0.05) is 64.2 Å². The van der Waals surface area contributed by atoms with Crippen molar-refractivity contribution in [1.29, 1.82) is 0 Å². The summed E-state index contributed by atoms with van der Waals surface area (Å²) < 4.78 is 2.27. The fourth-order valence-electron chi connectivity index (χ4n) is 3.20. The topological polar surface area (TPSA) is 17.8 Å². The Hall–Kier alpha value is -1.62. The van der Waals surface area contributed by atoms with E-state index in [2.05, 4.69) is 22.5 Å². The zero-order valence-electron chi connectivity index (χ0n) is 15.9. The summed E-state index contributed by atoms with van der Waals surface area (Å²) in [6.45, 7) is 2.81. The highest BCUT2D eigenvalue weighted by Gasteiger charge is 2.17. The number of aromatic nitrogens is 2. The van der Waals surface area contributed by atoms with Gasteiger partial charge in [0, 0.05) is 45.1 Å². The van der Waals surface area contributed by atoms with Crippen molar-refractivity contribution in [3.63, 3.8) is 0 Å². The minimum atomic E-state index is 0.524. The van der Waals surface area contributed by atoms with Crippen molar-refractivity contribution in [3.8, 4) is 11.1 Å². The third-order valence-electron chi connectivity index (χ3n) is 4.63. The Morgan fingerprint density at radius 3 is 2.20 bits per heavy atom. The Kier molecular flexibility index (Phi) is 6.66. The van der Waals surface area contributed by atoms with E-state index in [1.54, 1.807) is 30.2 Å². The molecule has 0 aliphatic heterocycles. The summed E-state index contributed by atoms with van der Waals surface area (Å²) in [7, 11) is 0. The van der Waals surface area contributed by atoms with Crippen LogP contribution in [0.3, 0.4) is 0 Å². The molecule has 30 heavy (non-hydrogen) atoms. The number of nitrogens with zero attached hydrogens (tertiary/aromatic N) is 2. The molecule has 152 valence electrons. The van der Waals surface area contributed by atoms with Crippen LogP contribution >= 0.6 is 58.2 Å². The molecule has 7 heteroatoms. The maximum atomic E-state index is 6.31. The summed E-state index contributed by atoms with van der Waals surface area (Å²) in [5.74, 6) is 0. The highest BCUT2D eigenvalue weighted by atomic mass is 35.5. The van der Waals surface area contributed by atoms with Gasteiger partial charge in [-0.15, -0.1) is 0 Å². The molecule has 2 aromatic heterocycles. The van der Waals surface area contributed by atoms with Crippen molar-refractivity contribution in [2.75, 3.05) is 0 Å². The first-order chi connectivity index (χ1) is 14.4. The van der Waals surface area contributed by atoms with Crippen LogP contribution in [0.1, 0.15) is 11.3 Å². The SMILES string of the molecule is Cc1cc(-c2ccc(Cl)c(Cl)c2)c(Sc2cc(Cl)cc(Cl)c2)n1Cc1ccncc1. The minimum absolute atomic E-state index is 0.524. The molecule has 0 N–H and O–H groups in total. The quantitative estimate of drug-likeness (QED) is 0.276. The first kappa shape index (κ1) is 21.6. The lowest BCUT2D eigenvalue weighted by atomic mass is 10.1. The molecule has 0 atom stereocenters. The van der Waals surface area contributed by atoms with E-state index in [1.165, 1.54) is 0 Å². The van der Waals surface area contributed by atoms with E-state index >= 15 is 0 Å². The summed E-state index contributed by atoms with van der Waals surface area (Å²) in [5, 5.41) is 3.33. The fraction of sp³-hybridized carbons (Fsp3) is 0.0870. The molecule has 2 aromatic carbocycles. The van der Waals surface area contributed by atoms with Gasteiger partial charge in [-0.25, -0.2) is 0 Å². The normalized spacial score (nSPS) is 11.1. The van der Waals surface area contributed by atoms with Gasteiger partial charge in [0.25, 0.3) is 0 Å². The summed E-state index contributed by atoms with van der Waals surface area (Å²) in [5.41, 5.74) is 4.36. The summed E-state index contributed by atoms with van der Waals surface area (Å²) >= 11 is 26.5. The molecular weight excluding hydrogens is 478 g/mol. The monoisotopic (exact) mass is 492 g/mol. The van der Waals surface area contributed by atoms with Crippen LogP contribution < -0.4 is 0 Å². The number of pyridine rings is 1. The number of hydrogen-bond acceptors (Lipinski definition) is 2. The van der Waals surface area contributed by atoms with Gasteiger partial charge in [0.2, 0.25) is 0 Å². The van der Waals surface area contributed by atoms with Gasteiger partial charge in [0.1, 0.15) is 0 Å². The molecule has 0 bridgehead atoms. The third kappa shape index (κ3) is 4.82. The van der Waals surface area contributed by atoms with E-state index in [1.807, 2.05) is 42.5 Å². The zero-order valence-corrected chi connectivity index (χ0v) is 19.7. The predicted molar refractivity (Wildman–Crippen MR) is 129 cm³/mol. The van der Waals surface area contributed by atoms with Crippen LogP contribution in [0, 0.1) is 6.92 Å². The second kappa shape index (κ2) is 9.25. The van der Waals surface area contributed by atoms with Crippen molar-refractivity contribution in [1.82, 2.24) is 9.55 Å². The maximum absolute atomic E-state index is 6.31. The first-order valence-corrected chi connectivity index (χ1v) is 11.4. The van der Waals surface area contributed by atoms with Crippen molar-refractivity contribution in [3.05, 3.63) is 98.3 Å². The van der Waals surface area contributed by atoms with E-state index in [4.69, 9.17) is 46.4 Å². The molecule has 0 aliphatic rings. The molecule has 0 saturated carbocycles. The van der Waals surface area contributed by atoms with Crippen molar-refractivity contribution in [2.24, 2.45) is 0 Å². The molecule has 4 aromatic rings. The number of hydrogen-bond donors (Lipinski definition) is 0. The zero-order chi connectivity index (χ0) is 21.3.